The summed E-state index contributed by atoms with van der Waals surface area (Å²) >= 11 is 6.03. The number of aromatic nitrogens is 2. The number of fused-ring (bicyclic) bond motifs is 1. The number of hydrogen-bond donors (Lipinski definition) is 0. The summed E-state index contributed by atoms with van der Waals surface area (Å²) in [4.78, 5) is 20.0. The number of carbonyl (C=O) groups is 1. The van der Waals surface area contributed by atoms with Gasteiger partial charge in [0.2, 0.25) is 0 Å². The summed E-state index contributed by atoms with van der Waals surface area (Å²) < 4.78 is 5.37. The van der Waals surface area contributed by atoms with Gasteiger partial charge in [-0.15, -0.1) is 0 Å². The van der Waals surface area contributed by atoms with Crippen LogP contribution in [-0.4, -0.2) is 27.5 Å². The van der Waals surface area contributed by atoms with Gasteiger partial charge in [-0.1, -0.05) is 42.7 Å². The Labute approximate surface area is 163 Å². The van der Waals surface area contributed by atoms with Crippen molar-refractivity contribution in [1.82, 2.24) is 15.0 Å². The van der Waals surface area contributed by atoms with E-state index < -0.39 is 0 Å². The number of nitrogens with zero attached hydrogens (tertiary/aromatic N) is 3. The van der Waals surface area contributed by atoms with E-state index in [-0.39, 0.29) is 17.9 Å². The van der Waals surface area contributed by atoms with Crippen LogP contribution in [0.4, 0.5) is 0 Å². The number of carbonyl (C=O) groups excluding carboxylic acids is 1. The van der Waals surface area contributed by atoms with Crippen LogP contribution in [0, 0.1) is 6.92 Å². The molecule has 1 aromatic carbocycles. The fourth-order valence-corrected chi connectivity index (χ4v) is 3.90. The van der Waals surface area contributed by atoms with Crippen molar-refractivity contribution in [3.63, 3.8) is 0 Å². The van der Waals surface area contributed by atoms with E-state index in [4.69, 9.17) is 16.1 Å². The molecule has 3 heterocycles. The Morgan fingerprint density at radius 3 is 2.74 bits per heavy atom. The van der Waals surface area contributed by atoms with E-state index in [2.05, 4.69) is 24.0 Å². The average molecular weight is 384 g/mol. The van der Waals surface area contributed by atoms with Crippen LogP contribution in [0.2, 0.25) is 5.02 Å². The Morgan fingerprint density at radius 2 is 2.04 bits per heavy atom. The Hall–Kier alpha value is -2.40. The molecule has 1 unspecified atom stereocenters. The first-order valence-electron chi connectivity index (χ1n) is 9.29. The second-order valence-electron chi connectivity index (χ2n) is 7.41. The lowest BCUT2D eigenvalue weighted by atomic mass is 10.0. The monoisotopic (exact) mass is 383 g/mol. The predicted octanol–water partition coefficient (Wildman–Crippen LogP) is 5.29. The van der Waals surface area contributed by atoms with Crippen molar-refractivity contribution >= 4 is 28.6 Å². The van der Waals surface area contributed by atoms with E-state index in [0.717, 1.165) is 30.6 Å². The van der Waals surface area contributed by atoms with Crippen LogP contribution in [0.3, 0.4) is 0 Å². The molecular formula is C21H22ClN3O2. The molecule has 0 N–H and O–H groups in total. The third-order valence-electron chi connectivity index (χ3n) is 5.23. The Bertz CT molecular complexity index is 995. The maximum Gasteiger partial charge on any atom is 0.259 e. The molecule has 140 valence electrons. The van der Waals surface area contributed by atoms with Gasteiger partial charge in [0.05, 0.1) is 22.7 Å². The van der Waals surface area contributed by atoms with Crippen molar-refractivity contribution in [2.24, 2.45) is 0 Å². The number of pyridine rings is 1. The smallest absolute Gasteiger partial charge is 0.259 e. The number of hydrogen-bond acceptors (Lipinski definition) is 4. The second-order valence-corrected chi connectivity index (χ2v) is 7.84. The molecular weight excluding hydrogens is 362 g/mol. The maximum absolute atomic E-state index is 13.5. The third-order valence-corrected chi connectivity index (χ3v) is 5.48. The first kappa shape index (κ1) is 18.0. The van der Waals surface area contributed by atoms with Gasteiger partial charge in [0.25, 0.3) is 11.6 Å². The van der Waals surface area contributed by atoms with E-state index in [1.54, 1.807) is 0 Å². The number of aryl methyl sites for hydroxylation is 1. The van der Waals surface area contributed by atoms with Crippen LogP contribution in [-0.2, 0) is 0 Å². The number of halogens is 1. The minimum atomic E-state index is 0.00745. The summed E-state index contributed by atoms with van der Waals surface area (Å²) in [6, 6.07) is 9.72. The highest BCUT2D eigenvalue weighted by Crippen LogP contribution is 2.35. The van der Waals surface area contributed by atoms with Gasteiger partial charge in [0, 0.05) is 17.3 Å². The lowest BCUT2D eigenvalue weighted by Gasteiger charge is -2.26. The SMILES string of the molecule is Cc1noc2nc(C(C)C)cc(C(=O)N3CCCC3c3ccc(Cl)cc3)c12. The van der Waals surface area contributed by atoms with Crippen molar-refractivity contribution < 1.29 is 9.32 Å². The van der Waals surface area contributed by atoms with Gasteiger partial charge in [-0.05, 0) is 49.4 Å². The summed E-state index contributed by atoms with van der Waals surface area (Å²) in [5, 5.41) is 5.44. The fourth-order valence-electron chi connectivity index (χ4n) is 3.77. The van der Waals surface area contributed by atoms with Crippen molar-refractivity contribution in [2.75, 3.05) is 6.54 Å². The van der Waals surface area contributed by atoms with E-state index in [1.807, 2.05) is 42.2 Å². The van der Waals surface area contributed by atoms with Gasteiger partial charge in [-0.25, -0.2) is 4.98 Å². The van der Waals surface area contributed by atoms with E-state index in [1.165, 1.54) is 0 Å². The molecule has 1 atom stereocenters. The molecule has 6 heteroatoms. The molecule has 27 heavy (non-hydrogen) atoms. The van der Waals surface area contributed by atoms with Gasteiger partial charge in [0.15, 0.2) is 0 Å². The van der Waals surface area contributed by atoms with Crippen LogP contribution in [0.25, 0.3) is 11.1 Å². The van der Waals surface area contributed by atoms with Crippen molar-refractivity contribution in [1.29, 1.82) is 0 Å². The van der Waals surface area contributed by atoms with E-state index in [0.29, 0.717) is 27.4 Å². The Balaban J connectivity index is 1.77. The minimum Gasteiger partial charge on any atom is -0.336 e. The van der Waals surface area contributed by atoms with Crippen molar-refractivity contribution in [2.45, 2.75) is 45.6 Å². The molecule has 2 aromatic heterocycles. The third kappa shape index (κ3) is 3.21. The number of amides is 1. The fraction of sp³-hybridized carbons (Fsp3) is 0.381. The number of likely N-dealkylation sites (tertiary alicyclic amines) is 1. The summed E-state index contributed by atoms with van der Waals surface area (Å²) in [6.07, 6.45) is 1.92. The standard InChI is InChI=1S/C21H22ClN3O2/c1-12(2)17-11-16(19-13(3)24-27-20(19)23-17)21(26)25-10-4-5-18(25)14-6-8-15(22)9-7-14/h6-9,11-12,18H,4-5,10H2,1-3H3. The molecule has 1 fully saturated rings. The molecule has 4 rings (SSSR count). The average Bonchev–Trinajstić information content (AvgIpc) is 3.28. The topological polar surface area (TPSA) is 59.2 Å². The van der Waals surface area contributed by atoms with Gasteiger partial charge in [-0.3, -0.25) is 4.79 Å². The minimum absolute atomic E-state index is 0.00745. The summed E-state index contributed by atoms with van der Waals surface area (Å²) in [6.45, 7) is 6.69. The first-order valence-corrected chi connectivity index (χ1v) is 9.67. The molecule has 0 spiro atoms. The normalized spacial score (nSPS) is 17.2. The summed E-state index contributed by atoms with van der Waals surface area (Å²) in [5.74, 6) is 0.199. The predicted molar refractivity (Wildman–Crippen MR) is 105 cm³/mol. The molecule has 5 nitrogen and oxygen atoms in total. The maximum atomic E-state index is 13.5. The molecule has 0 saturated carbocycles. The lowest BCUT2D eigenvalue weighted by Crippen LogP contribution is -2.31. The first-order chi connectivity index (χ1) is 13.0. The molecule has 0 aliphatic carbocycles. The van der Waals surface area contributed by atoms with E-state index in [9.17, 15) is 4.79 Å². The van der Waals surface area contributed by atoms with Gasteiger partial charge >= 0.3 is 0 Å². The highest BCUT2D eigenvalue weighted by Gasteiger charge is 2.32. The van der Waals surface area contributed by atoms with Crippen LogP contribution < -0.4 is 0 Å². The summed E-state index contributed by atoms with van der Waals surface area (Å²) in [7, 11) is 0. The molecule has 3 aromatic rings. The second kappa shape index (κ2) is 6.97. The largest absolute Gasteiger partial charge is 0.336 e. The van der Waals surface area contributed by atoms with E-state index >= 15 is 0 Å². The quantitative estimate of drug-likeness (QED) is 0.616. The molecule has 1 aliphatic rings. The number of rotatable bonds is 3. The van der Waals surface area contributed by atoms with Crippen LogP contribution in [0.5, 0.6) is 0 Å². The van der Waals surface area contributed by atoms with Crippen molar-refractivity contribution in [3.05, 3.63) is 57.9 Å². The Morgan fingerprint density at radius 1 is 1.30 bits per heavy atom. The lowest BCUT2D eigenvalue weighted by molar-refractivity contribution is 0.0737. The zero-order chi connectivity index (χ0) is 19.1. The zero-order valence-electron chi connectivity index (χ0n) is 15.7. The molecule has 1 saturated heterocycles. The van der Waals surface area contributed by atoms with Crippen LogP contribution in [0.15, 0.2) is 34.9 Å². The highest BCUT2D eigenvalue weighted by molar-refractivity contribution is 6.30. The van der Waals surface area contributed by atoms with Gasteiger partial charge in [0.1, 0.15) is 0 Å². The molecule has 1 aliphatic heterocycles. The molecule has 0 radical (unpaired) electrons. The van der Waals surface area contributed by atoms with Gasteiger partial charge in [-0.2, -0.15) is 0 Å². The van der Waals surface area contributed by atoms with Gasteiger partial charge < -0.3 is 9.42 Å². The highest BCUT2D eigenvalue weighted by atomic mass is 35.5. The zero-order valence-corrected chi connectivity index (χ0v) is 16.5. The molecule has 1 amide bonds. The van der Waals surface area contributed by atoms with Crippen LogP contribution in [0.1, 0.15) is 66.0 Å². The number of benzene rings is 1. The Kier molecular flexibility index (Phi) is 4.64. The summed E-state index contributed by atoms with van der Waals surface area (Å²) in [5.41, 5.74) is 3.71. The molecule has 0 bridgehead atoms. The van der Waals surface area contributed by atoms with Crippen LogP contribution >= 0.6 is 11.6 Å². The van der Waals surface area contributed by atoms with Crippen molar-refractivity contribution in [3.8, 4) is 0 Å².